The first-order chi connectivity index (χ1) is 16.8. The van der Waals surface area contributed by atoms with E-state index >= 15 is 0 Å². The first-order valence-corrected chi connectivity index (χ1v) is 14.5. The Labute approximate surface area is 215 Å². The molecule has 0 radical (unpaired) electrons. The summed E-state index contributed by atoms with van der Waals surface area (Å²) in [6, 6.07) is 0.00657. The van der Waals surface area contributed by atoms with Gasteiger partial charge in [-0.15, -0.1) is 0 Å². The summed E-state index contributed by atoms with van der Waals surface area (Å²) in [7, 11) is -3.79. The molecule has 4 atom stereocenters. The van der Waals surface area contributed by atoms with E-state index < -0.39 is 10.0 Å². The van der Waals surface area contributed by atoms with Gasteiger partial charge >= 0.3 is 0 Å². The number of hydrogen-bond acceptors (Lipinski definition) is 5. The second-order valence-corrected chi connectivity index (χ2v) is 12.0. The summed E-state index contributed by atoms with van der Waals surface area (Å²) in [6.45, 7) is 8.43. The van der Waals surface area contributed by atoms with Crippen LogP contribution >= 0.6 is 11.6 Å². The van der Waals surface area contributed by atoms with Crippen LogP contribution < -0.4 is 0 Å². The van der Waals surface area contributed by atoms with Crippen molar-refractivity contribution in [1.29, 1.82) is 0 Å². The van der Waals surface area contributed by atoms with Gasteiger partial charge in [-0.2, -0.15) is 4.31 Å². The topological polar surface area (TPSA) is 79.2 Å². The van der Waals surface area contributed by atoms with Crippen LogP contribution in [-0.4, -0.2) is 55.6 Å². The lowest BCUT2D eigenvalue weighted by Gasteiger charge is -2.37. The van der Waals surface area contributed by atoms with Crippen molar-refractivity contribution in [3.05, 3.63) is 58.5 Å². The molecule has 1 fully saturated rings. The van der Waals surface area contributed by atoms with Gasteiger partial charge < -0.3 is 9.84 Å². The Bertz CT molecular complexity index is 1010. The third-order valence-electron chi connectivity index (χ3n) is 6.96. The highest BCUT2D eigenvalue weighted by Crippen LogP contribution is 2.35. The van der Waals surface area contributed by atoms with Crippen molar-refractivity contribution in [3.8, 4) is 0 Å². The molecular weight excluding hydrogens is 484 g/mol. The van der Waals surface area contributed by atoms with Crippen molar-refractivity contribution >= 4 is 27.5 Å². The number of aliphatic hydroxyl groups is 1. The molecular formula is C27H39ClN2O4S. The molecule has 1 N–H and O–H groups in total. The van der Waals surface area contributed by atoms with Gasteiger partial charge in [0.15, 0.2) is 0 Å². The lowest BCUT2D eigenvalue weighted by atomic mass is 9.90. The molecule has 194 valence electrons. The molecule has 35 heavy (non-hydrogen) atoms. The van der Waals surface area contributed by atoms with Gasteiger partial charge in [-0.1, -0.05) is 61.7 Å². The van der Waals surface area contributed by atoms with Crippen molar-refractivity contribution in [2.24, 2.45) is 16.8 Å². The van der Waals surface area contributed by atoms with Crippen LogP contribution in [0.1, 0.15) is 58.8 Å². The van der Waals surface area contributed by atoms with Crippen LogP contribution in [0.25, 0.3) is 0 Å². The van der Waals surface area contributed by atoms with E-state index in [1.165, 1.54) is 12.2 Å². The Morgan fingerprint density at radius 1 is 1.31 bits per heavy atom. The smallest absolute Gasteiger partial charge is 0.243 e. The lowest BCUT2D eigenvalue weighted by Crippen LogP contribution is -2.47. The standard InChI is InChI=1S/C27H39ClN2O4S/c1-4-25(15-10-20(2)28)35(32,33)30(26-9-7-5-6-8-23(26)16-17-31)18-22-11-13-24(14-12-22)27-29-21(3)19-34-27/h4,10-11,13-15,21-23,26,31H,2,5-9,12,16-19H2,1,3H3. The molecule has 6 nitrogen and oxygen atoms in total. The second kappa shape index (κ2) is 13.0. The maximum atomic E-state index is 14.0. The number of halogens is 1. The van der Waals surface area contributed by atoms with Crippen molar-refractivity contribution in [2.75, 3.05) is 19.8 Å². The highest BCUT2D eigenvalue weighted by molar-refractivity contribution is 7.93. The number of sulfonamides is 1. The molecule has 3 aliphatic rings. The zero-order valence-corrected chi connectivity index (χ0v) is 22.5. The van der Waals surface area contributed by atoms with E-state index in [9.17, 15) is 13.5 Å². The van der Waals surface area contributed by atoms with Crippen LogP contribution in [0.15, 0.2) is 63.5 Å². The maximum Gasteiger partial charge on any atom is 0.243 e. The van der Waals surface area contributed by atoms with Crippen LogP contribution in [0, 0.1) is 11.8 Å². The fraction of sp³-hybridized carbons (Fsp3) is 0.593. The van der Waals surface area contributed by atoms with Crippen molar-refractivity contribution in [1.82, 2.24) is 4.31 Å². The second-order valence-electron chi connectivity index (χ2n) is 9.63. The summed E-state index contributed by atoms with van der Waals surface area (Å²) in [4.78, 5) is 4.75. The van der Waals surface area contributed by atoms with Gasteiger partial charge in [0, 0.05) is 29.8 Å². The number of rotatable bonds is 10. The maximum absolute atomic E-state index is 14.0. The highest BCUT2D eigenvalue weighted by Gasteiger charge is 2.38. The molecule has 0 bridgehead atoms. The molecule has 0 amide bonds. The predicted octanol–water partition coefficient (Wildman–Crippen LogP) is 5.48. The van der Waals surface area contributed by atoms with Gasteiger partial charge in [0.1, 0.15) is 6.61 Å². The van der Waals surface area contributed by atoms with Gasteiger partial charge in [0.2, 0.25) is 15.9 Å². The first kappa shape index (κ1) is 27.9. The fourth-order valence-corrected chi connectivity index (χ4v) is 7.01. The number of hydrogen-bond donors (Lipinski definition) is 1. The molecule has 3 rings (SSSR count). The molecule has 0 aromatic carbocycles. The molecule has 8 heteroatoms. The van der Waals surface area contributed by atoms with Gasteiger partial charge in [0.05, 0.1) is 10.9 Å². The third-order valence-corrected chi connectivity index (χ3v) is 9.09. The zero-order chi connectivity index (χ0) is 25.4. The number of aliphatic hydroxyl groups excluding tert-OH is 1. The third kappa shape index (κ3) is 7.42. The monoisotopic (exact) mass is 522 g/mol. The first-order valence-electron chi connectivity index (χ1n) is 12.7. The molecule has 1 heterocycles. The Kier molecular flexibility index (Phi) is 10.4. The van der Waals surface area contributed by atoms with Crippen LogP contribution in [0.5, 0.6) is 0 Å². The molecule has 0 saturated heterocycles. The molecule has 0 aromatic rings. The summed E-state index contributed by atoms with van der Waals surface area (Å²) in [5.41, 5.74) is 0.963. The minimum absolute atomic E-state index is 0.0380. The van der Waals surface area contributed by atoms with Crippen LogP contribution in [0.3, 0.4) is 0 Å². The van der Waals surface area contributed by atoms with Gasteiger partial charge in [0.25, 0.3) is 0 Å². The molecule has 1 saturated carbocycles. The Hall–Kier alpha value is -1.67. The Balaban J connectivity index is 1.89. The van der Waals surface area contributed by atoms with E-state index in [1.54, 1.807) is 17.3 Å². The number of ether oxygens (including phenoxy) is 1. The zero-order valence-electron chi connectivity index (χ0n) is 20.9. The van der Waals surface area contributed by atoms with Crippen molar-refractivity contribution in [3.63, 3.8) is 0 Å². The lowest BCUT2D eigenvalue weighted by molar-refractivity contribution is 0.170. The summed E-state index contributed by atoms with van der Waals surface area (Å²) in [6.07, 6.45) is 17.0. The summed E-state index contributed by atoms with van der Waals surface area (Å²) < 4.78 is 35.4. The summed E-state index contributed by atoms with van der Waals surface area (Å²) >= 11 is 5.90. The summed E-state index contributed by atoms with van der Waals surface area (Å²) in [5, 5.41) is 10.0. The van der Waals surface area contributed by atoms with E-state index in [0.29, 0.717) is 31.9 Å². The van der Waals surface area contributed by atoms with E-state index in [2.05, 4.69) is 23.7 Å². The van der Waals surface area contributed by atoms with Gasteiger partial charge in [-0.05, 0) is 63.5 Å². The van der Waals surface area contributed by atoms with E-state index in [1.807, 2.05) is 13.0 Å². The largest absolute Gasteiger partial charge is 0.475 e. The predicted molar refractivity (Wildman–Crippen MR) is 144 cm³/mol. The number of allylic oxidation sites excluding steroid dienone is 5. The molecule has 0 aromatic heterocycles. The minimum Gasteiger partial charge on any atom is -0.475 e. The van der Waals surface area contributed by atoms with E-state index in [4.69, 9.17) is 16.3 Å². The summed E-state index contributed by atoms with van der Waals surface area (Å²) in [5.74, 6) is 0.839. The highest BCUT2D eigenvalue weighted by atomic mass is 35.5. The average molecular weight is 523 g/mol. The normalized spacial score (nSPS) is 28.1. The SMILES string of the molecule is C=C(Cl)C=CC(=CC)S(=O)(=O)N(CC1C=CC(C2=NC(C)CO2)=CC1)C1CCCCCC1CCO. The van der Waals surface area contributed by atoms with E-state index in [-0.39, 0.29) is 40.5 Å². The minimum atomic E-state index is -3.79. The molecule has 1 aliphatic heterocycles. The number of nitrogens with zero attached hydrogens (tertiary/aromatic N) is 2. The van der Waals surface area contributed by atoms with Crippen LogP contribution in [0.2, 0.25) is 0 Å². The van der Waals surface area contributed by atoms with Crippen molar-refractivity contribution < 1.29 is 18.3 Å². The Morgan fingerprint density at radius 2 is 2.09 bits per heavy atom. The van der Waals surface area contributed by atoms with Gasteiger partial charge in [-0.3, -0.25) is 0 Å². The van der Waals surface area contributed by atoms with Crippen molar-refractivity contribution in [2.45, 2.75) is 70.9 Å². The molecule has 0 spiro atoms. The number of aliphatic imine (C=N–C) groups is 1. The quantitative estimate of drug-likeness (QED) is 0.304. The molecule has 2 aliphatic carbocycles. The van der Waals surface area contributed by atoms with Crippen LogP contribution in [-0.2, 0) is 14.8 Å². The van der Waals surface area contributed by atoms with Crippen LogP contribution in [0.4, 0.5) is 0 Å². The average Bonchev–Trinajstić information content (AvgIpc) is 3.13. The Morgan fingerprint density at radius 3 is 2.69 bits per heavy atom. The van der Waals surface area contributed by atoms with Gasteiger partial charge in [-0.25, -0.2) is 13.4 Å². The van der Waals surface area contributed by atoms with E-state index in [0.717, 1.165) is 37.7 Å². The molecule has 4 unspecified atom stereocenters. The fourth-order valence-electron chi connectivity index (χ4n) is 5.12.